The van der Waals surface area contributed by atoms with Gasteiger partial charge in [-0.2, -0.15) is 0 Å². The SMILES string of the molecule is Oc1ccc(Br)c(-c2cnco2)c1. The molecule has 0 aliphatic heterocycles. The summed E-state index contributed by atoms with van der Waals surface area (Å²) in [5.41, 5.74) is 0.789. The van der Waals surface area contributed by atoms with Crippen molar-refractivity contribution in [2.24, 2.45) is 0 Å². The first-order valence-electron chi connectivity index (χ1n) is 3.65. The summed E-state index contributed by atoms with van der Waals surface area (Å²) in [7, 11) is 0. The Morgan fingerprint density at radius 1 is 1.38 bits per heavy atom. The molecule has 1 N–H and O–H groups in total. The van der Waals surface area contributed by atoms with Crippen molar-refractivity contribution in [3.05, 3.63) is 35.3 Å². The van der Waals surface area contributed by atoms with Crippen molar-refractivity contribution in [1.82, 2.24) is 4.98 Å². The van der Waals surface area contributed by atoms with E-state index in [1.165, 1.54) is 6.39 Å². The van der Waals surface area contributed by atoms with Crippen molar-refractivity contribution >= 4 is 15.9 Å². The van der Waals surface area contributed by atoms with Crippen LogP contribution in [0.25, 0.3) is 11.3 Å². The highest BCUT2D eigenvalue weighted by molar-refractivity contribution is 9.10. The van der Waals surface area contributed by atoms with Crippen LogP contribution in [0.3, 0.4) is 0 Å². The van der Waals surface area contributed by atoms with Crippen LogP contribution < -0.4 is 0 Å². The van der Waals surface area contributed by atoms with Gasteiger partial charge in [-0.1, -0.05) is 15.9 Å². The van der Waals surface area contributed by atoms with Gasteiger partial charge in [-0.25, -0.2) is 4.98 Å². The average molecular weight is 240 g/mol. The summed E-state index contributed by atoms with van der Waals surface area (Å²) < 4.78 is 5.97. The topological polar surface area (TPSA) is 46.3 Å². The molecule has 0 aliphatic rings. The number of halogens is 1. The Kier molecular flexibility index (Phi) is 2.06. The Morgan fingerprint density at radius 3 is 2.92 bits per heavy atom. The second kappa shape index (κ2) is 3.22. The van der Waals surface area contributed by atoms with E-state index < -0.39 is 0 Å². The lowest BCUT2D eigenvalue weighted by Gasteiger charge is -2.00. The summed E-state index contributed by atoms with van der Waals surface area (Å²) in [6, 6.07) is 4.97. The number of aromatic nitrogens is 1. The third-order valence-electron chi connectivity index (χ3n) is 1.65. The quantitative estimate of drug-likeness (QED) is 0.833. The van der Waals surface area contributed by atoms with Gasteiger partial charge in [0.1, 0.15) is 5.75 Å². The minimum Gasteiger partial charge on any atom is -0.508 e. The molecule has 2 rings (SSSR count). The van der Waals surface area contributed by atoms with E-state index in [0.717, 1.165) is 10.0 Å². The number of hydrogen-bond donors (Lipinski definition) is 1. The van der Waals surface area contributed by atoms with E-state index in [2.05, 4.69) is 20.9 Å². The van der Waals surface area contributed by atoms with Crippen molar-refractivity contribution in [2.45, 2.75) is 0 Å². The molecule has 1 aromatic carbocycles. The minimum absolute atomic E-state index is 0.203. The zero-order chi connectivity index (χ0) is 9.26. The van der Waals surface area contributed by atoms with Gasteiger partial charge in [0.25, 0.3) is 0 Å². The monoisotopic (exact) mass is 239 g/mol. The van der Waals surface area contributed by atoms with Crippen LogP contribution in [0.15, 0.2) is 39.7 Å². The van der Waals surface area contributed by atoms with Crippen molar-refractivity contribution in [2.75, 3.05) is 0 Å². The molecule has 2 aromatic rings. The Morgan fingerprint density at radius 2 is 2.23 bits per heavy atom. The van der Waals surface area contributed by atoms with Gasteiger partial charge in [0.2, 0.25) is 0 Å². The largest absolute Gasteiger partial charge is 0.508 e. The molecule has 0 bridgehead atoms. The van der Waals surface area contributed by atoms with Gasteiger partial charge in [0.05, 0.1) is 6.20 Å². The van der Waals surface area contributed by atoms with Gasteiger partial charge in [0, 0.05) is 10.0 Å². The van der Waals surface area contributed by atoms with E-state index in [1.807, 2.05) is 0 Å². The van der Waals surface area contributed by atoms with Crippen LogP contribution in [-0.4, -0.2) is 10.1 Å². The number of nitrogens with zero attached hydrogens (tertiary/aromatic N) is 1. The second-order valence-electron chi connectivity index (χ2n) is 2.53. The van der Waals surface area contributed by atoms with E-state index in [4.69, 9.17) is 4.42 Å². The first-order chi connectivity index (χ1) is 6.27. The lowest BCUT2D eigenvalue weighted by molar-refractivity contribution is 0.475. The van der Waals surface area contributed by atoms with Gasteiger partial charge in [-0.3, -0.25) is 0 Å². The molecular weight excluding hydrogens is 234 g/mol. The van der Waals surface area contributed by atoms with E-state index in [-0.39, 0.29) is 5.75 Å². The first kappa shape index (κ1) is 8.31. The second-order valence-corrected chi connectivity index (χ2v) is 3.38. The fraction of sp³-hybridized carbons (Fsp3) is 0. The average Bonchev–Trinajstić information content (AvgIpc) is 2.61. The number of benzene rings is 1. The molecule has 0 saturated carbocycles. The molecule has 0 unspecified atom stereocenters. The van der Waals surface area contributed by atoms with Gasteiger partial charge in [0.15, 0.2) is 12.2 Å². The van der Waals surface area contributed by atoms with Crippen molar-refractivity contribution < 1.29 is 9.52 Å². The van der Waals surface area contributed by atoms with Gasteiger partial charge in [-0.05, 0) is 18.2 Å². The highest BCUT2D eigenvalue weighted by Crippen LogP contribution is 2.30. The molecule has 0 radical (unpaired) electrons. The predicted octanol–water partition coefficient (Wildman–Crippen LogP) is 2.81. The van der Waals surface area contributed by atoms with Crippen LogP contribution in [-0.2, 0) is 0 Å². The number of aromatic hydroxyl groups is 1. The zero-order valence-electron chi connectivity index (χ0n) is 6.57. The van der Waals surface area contributed by atoms with Crippen LogP contribution in [0, 0.1) is 0 Å². The number of phenolic OH excluding ortho intramolecular Hbond substituents is 1. The smallest absolute Gasteiger partial charge is 0.181 e. The van der Waals surface area contributed by atoms with E-state index in [9.17, 15) is 5.11 Å². The Labute approximate surface area is 83.2 Å². The maximum absolute atomic E-state index is 9.25. The van der Waals surface area contributed by atoms with Gasteiger partial charge < -0.3 is 9.52 Å². The first-order valence-corrected chi connectivity index (χ1v) is 4.44. The van der Waals surface area contributed by atoms with Crippen LogP contribution in [0.4, 0.5) is 0 Å². The highest BCUT2D eigenvalue weighted by atomic mass is 79.9. The molecule has 1 aromatic heterocycles. The molecule has 4 heteroatoms. The number of rotatable bonds is 1. The van der Waals surface area contributed by atoms with E-state index in [0.29, 0.717) is 5.76 Å². The molecule has 0 spiro atoms. The predicted molar refractivity (Wildman–Crippen MR) is 51.3 cm³/mol. The summed E-state index contributed by atoms with van der Waals surface area (Å²) in [6.45, 7) is 0. The Bertz CT molecular complexity index is 412. The Hall–Kier alpha value is -1.29. The molecule has 0 fully saturated rings. The van der Waals surface area contributed by atoms with Gasteiger partial charge in [-0.15, -0.1) is 0 Å². The fourth-order valence-corrected chi connectivity index (χ4v) is 1.49. The number of phenols is 1. The normalized spacial score (nSPS) is 10.2. The molecule has 0 atom stereocenters. The molecule has 0 aliphatic carbocycles. The molecule has 3 nitrogen and oxygen atoms in total. The van der Waals surface area contributed by atoms with Gasteiger partial charge >= 0.3 is 0 Å². The molecule has 13 heavy (non-hydrogen) atoms. The third-order valence-corrected chi connectivity index (χ3v) is 2.34. The van der Waals surface area contributed by atoms with Crippen LogP contribution in [0.2, 0.25) is 0 Å². The summed E-state index contributed by atoms with van der Waals surface area (Å²) >= 11 is 3.35. The highest BCUT2D eigenvalue weighted by Gasteiger charge is 2.06. The van der Waals surface area contributed by atoms with E-state index >= 15 is 0 Å². The third kappa shape index (κ3) is 1.58. The lowest BCUT2D eigenvalue weighted by Crippen LogP contribution is -1.76. The molecule has 1 heterocycles. The zero-order valence-corrected chi connectivity index (χ0v) is 8.15. The van der Waals surface area contributed by atoms with Crippen molar-refractivity contribution in [3.8, 4) is 17.1 Å². The van der Waals surface area contributed by atoms with Crippen molar-refractivity contribution in [1.29, 1.82) is 0 Å². The maximum atomic E-state index is 9.25. The Balaban J connectivity index is 2.57. The molecule has 0 amide bonds. The standard InChI is InChI=1S/C9H6BrNO2/c10-8-2-1-6(12)3-7(8)9-4-11-5-13-9/h1-5,12H. The molecular formula is C9H6BrNO2. The van der Waals surface area contributed by atoms with Crippen LogP contribution in [0.1, 0.15) is 0 Å². The summed E-state index contributed by atoms with van der Waals surface area (Å²) in [4.78, 5) is 3.80. The number of oxazole rings is 1. The van der Waals surface area contributed by atoms with Crippen LogP contribution in [0.5, 0.6) is 5.75 Å². The van der Waals surface area contributed by atoms with E-state index in [1.54, 1.807) is 24.4 Å². The summed E-state index contributed by atoms with van der Waals surface area (Å²) in [5, 5.41) is 9.25. The minimum atomic E-state index is 0.203. The molecule has 0 saturated heterocycles. The molecule has 66 valence electrons. The summed E-state index contributed by atoms with van der Waals surface area (Å²) in [5.74, 6) is 0.831. The maximum Gasteiger partial charge on any atom is 0.181 e. The summed E-state index contributed by atoms with van der Waals surface area (Å²) in [6.07, 6.45) is 2.95. The lowest BCUT2D eigenvalue weighted by atomic mass is 10.2. The fourth-order valence-electron chi connectivity index (χ4n) is 1.05. The van der Waals surface area contributed by atoms with Crippen molar-refractivity contribution in [3.63, 3.8) is 0 Å². The van der Waals surface area contributed by atoms with Crippen LogP contribution >= 0.6 is 15.9 Å². The number of hydrogen-bond acceptors (Lipinski definition) is 3.